The van der Waals surface area contributed by atoms with E-state index in [0.717, 1.165) is 10.6 Å². The number of ketones is 1. The Balaban J connectivity index is 1.56. The Morgan fingerprint density at radius 1 is 1.18 bits per heavy atom. The Hall–Kier alpha value is -2.78. The van der Waals surface area contributed by atoms with Gasteiger partial charge in [-0.15, -0.1) is 16.4 Å². The molecule has 0 spiro atoms. The first-order valence-corrected chi connectivity index (χ1v) is 10.2. The van der Waals surface area contributed by atoms with E-state index in [2.05, 4.69) is 20.8 Å². The van der Waals surface area contributed by atoms with Gasteiger partial charge in [0.05, 0.1) is 10.6 Å². The van der Waals surface area contributed by atoms with Crippen LogP contribution in [0.2, 0.25) is 0 Å². The lowest BCUT2D eigenvalue weighted by Crippen LogP contribution is -2.28. The largest absolute Gasteiger partial charge is 0.326 e. The number of benzene rings is 1. The summed E-state index contributed by atoms with van der Waals surface area (Å²) in [6.07, 6.45) is 0.0115. The molecule has 0 unspecified atom stereocenters. The van der Waals surface area contributed by atoms with Gasteiger partial charge in [-0.05, 0) is 49.6 Å². The second-order valence-electron chi connectivity index (χ2n) is 6.05. The summed E-state index contributed by atoms with van der Waals surface area (Å²) in [6, 6.07) is 10.5. The number of hydrogen-bond donors (Lipinski definition) is 2. The minimum Gasteiger partial charge on any atom is -0.326 e. The van der Waals surface area contributed by atoms with Gasteiger partial charge in [-0.3, -0.25) is 14.4 Å². The van der Waals surface area contributed by atoms with Gasteiger partial charge >= 0.3 is 0 Å². The van der Waals surface area contributed by atoms with Crippen LogP contribution in [0.25, 0.3) is 0 Å². The smallest absolute Gasteiger partial charge is 0.240 e. The minimum atomic E-state index is -0.563. The van der Waals surface area contributed by atoms with Crippen molar-refractivity contribution in [1.29, 1.82) is 0 Å². The molecule has 1 aliphatic rings. The quantitative estimate of drug-likeness (QED) is 0.430. The average molecular weight is 415 g/mol. The van der Waals surface area contributed by atoms with E-state index in [-0.39, 0.29) is 24.0 Å². The number of thioether (sulfide) groups is 1. The zero-order valence-electron chi connectivity index (χ0n) is 15.3. The zero-order valence-corrected chi connectivity index (χ0v) is 16.9. The first kappa shape index (κ1) is 20.0. The molecule has 1 saturated heterocycles. The van der Waals surface area contributed by atoms with Crippen molar-refractivity contribution in [1.82, 2.24) is 5.32 Å². The first-order chi connectivity index (χ1) is 13.4. The fourth-order valence-corrected chi connectivity index (χ4v) is 4.00. The van der Waals surface area contributed by atoms with E-state index in [0.29, 0.717) is 16.4 Å². The van der Waals surface area contributed by atoms with Crippen LogP contribution < -0.4 is 10.6 Å². The number of Topliss-reactive ketones (excluding diaryl/α,β-unsaturated/α-hetero) is 1. The van der Waals surface area contributed by atoms with Crippen molar-refractivity contribution in [3.8, 4) is 0 Å². The molecule has 3 rings (SSSR count). The molecule has 2 amide bonds. The van der Waals surface area contributed by atoms with Gasteiger partial charge in [0, 0.05) is 17.7 Å². The molecule has 2 aromatic rings. The van der Waals surface area contributed by atoms with Crippen LogP contribution in [0, 0.1) is 0 Å². The molecule has 0 saturated carbocycles. The van der Waals surface area contributed by atoms with Crippen molar-refractivity contribution >= 4 is 57.3 Å². The van der Waals surface area contributed by atoms with Crippen molar-refractivity contribution in [3.05, 3.63) is 52.2 Å². The van der Waals surface area contributed by atoms with Crippen LogP contribution in [-0.2, 0) is 9.59 Å². The maximum absolute atomic E-state index is 12.2. The number of thiophene rings is 1. The lowest BCUT2D eigenvalue weighted by atomic mass is 10.1. The Bertz CT molecular complexity index is 950. The Labute approximate surface area is 170 Å². The average Bonchev–Trinajstić information content (AvgIpc) is 3.31. The van der Waals surface area contributed by atoms with Crippen molar-refractivity contribution in [3.63, 3.8) is 0 Å². The van der Waals surface area contributed by atoms with Crippen LogP contribution in [0.5, 0.6) is 0 Å². The summed E-state index contributed by atoms with van der Waals surface area (Å²) in [5.41, 5.74) is 1.90. The molecular weight excluding hydrogens is 396 g/mol. The normalized spacial score (nSPS) is 18.2. The number of anilines is 1. The highest BCUT2D eigenvalue weighted by molar-refractivity contribution is 8.15. The molecular formula is C19H18N4O3S2. The monoisotopic (exact) mass is 414 g/mol. The van der Waals surface area contributed by atoms with Gasteiger partial charge in [0.15, 0.2) is 11.0 Å². The van der Waals surface area contributed by atoms with Crippen molar-refractivity contribution in [2.45, 2.75) is 25.5 Å². The van der Waals surface area contributed by atoms with Gasteiger partial charge < -0.3 is 10.6 Å². The molecule has 2 N–H and O–H groups in total. The summed E-state index contributed by atoms with van der Waals surface area (Å²) < 4.78 is 0. The standard InChI is InChI=1S/C19H18N4O3S2/c1-11(15-4-3-9-27-15)22-23-19-21-18(26)16(28-19)10-17(25)20-14-7-5-13(6-8-14)12(2)24/h3-9,16H,10H2,1-2H3,(H,20,25)(H,21,23,26)/b22-11-/t16-/m0/s1. The topological polar surface area (TPSA) is 100.0 Å². The van der Waals surface area contributed by atoms with E-state index >= 15 is 0 Å². The summed E-state index contributed by atoms with van der Waals surface area (Å²) >= 11 is 2.74. The van der Waals surface area contributed by atoms with Gasteiger partial charge in [0.2, 0.25) is 11.8 Å². The van der Waals surface area contributed by atoms with Crippen molar-refractivity contribution in [2.75, 3.05) is 5.32 Å². The van der Waals surface area contributed by atoms with E-state index in [1.807, 2.05) is 24.4 Å². The number of carbonyl (C=O) groups is 3. The first-order valence-electron chi connectivity index (χ1n) is 8.47. The molecule has 28 heavy (non-hydrogen) atoms. The molecule has 9 heteroatoms. The van der Waals surface area contributed by atoms with Gasteiger partial charge in [-0.25, -0.2) is 0 Å². The summed E-state index contributed by atoms with van der Waals surface area (Å²) in [5.74, 6) is -0.599. The highest BCUT2D eigenvalue weighted by atomic mass is 32.2. The molecule has 0 radical (unpaired) electrons. The van der Waals surface area contributed by atoms with Gasteiger partial charge in [0.25, 0.3) is 0 Å². The lowest BCUT2D eigenvalue weighted by Gasteiger charge is -2.07. The van der Waals surface area contributed by atoms with Crippen LogP contribution >= 0.6 is 23.1 Å². The van der Waals surface area contributed by atoms with Crippen LogP contribution in [0.4, 0.5) is 5.69 Å². The van der Waals surface area contributed by atoms with Gasteiger partial charge in [-0.1, -0.05) is 17.8 Å². The minimum absolute atomic E-state index is 0.0115. The third-order valence-corrected chi connectivity index (χ3v) is 5.94. The fraction of sp³-hybridized carbons (Fsp3) is 0.211. The highest BCUT2D eigenvalue weighted by Crippen LogP contribution is 2.23. The maximum atomic E-state index is 12.2. The predicted octanol–water partition coefficient (Wildman–Crippen LogP) is 3.29. The second kappa shape index (κ2) is 8.94. The van der Waals surface area contributed by atoms with Crippen LogP contribution in [0.3, 0.4) is 0 Å². The van der Waals surface area contributed by atoms with Crippen LogP contribution in [0.15, 0.2) is 52.0 Å². The van der Waals surface area contributed by atoms with Crippen LogP contribution in [0.1, 0.15) is 35.5 Å². The number of hydrogen-bond acceptors (Lipinski definition) is 7. The number of nitrogens with zero attached hydrogens (tertiary/aromatic N) is 2. The lowest BCUT2D eigenvalue weighted by molar-refractivity contribution is -0.122. The SMILES string of the molecule is CC(=O)c1ccc(NC(=O)C[C@@H]2S/C(=N\N=C(\C)c3cccs3)NC2=O)cc1. The molecule has 7 nitrogen and oxygen atoms in total. The van der Waals surface area contributed by atoms with Crippen LogP contribution in [-0.4, -0.2) is 33.7 Å². The van der Waals surface area contributed by atoms with Crippen molar-refractivity contribution in [2.24, 2.45) is 10.2 Å². The molecule has 1 atom stereocenters. The molecule has 0 aliphatic carbocycles. The number of carbonyl (C=O) groups excluding carboxylic acids is 3. The van der Waals surface area contributed by atoms with E-state index in [1.165, 1.54) is 18.7 Å². The van der Waals surface area contributed by atoms with E-state index < -0.39 is 5.25 Å². The third-order valence-electron chi connectivity index (χ3n) is 3.89. The molecule has 1 aliphatic heterocycles. The molecule has 1 aromatic heterocycles. The Kier molecular flexibility index (Phi) is 6.37. The number of amides is 2. The molecule has 1 fully saturated rings. The summed E-state index contributed by atoms with van der Waals surface area (Å²) in [7, 11) is 0. The fourth-order valence-electron chi connectivity index (χ4n) is 2.41. The van der Waals surface area contributed by atoms with E-state index in [4.69, 9.17) is 0 Å². The zero-order chi connectivity index (χ0) is 20.1. The van der Waals surface area contributed by atoms with Gasteiger partial charge in [-0.2, -0.15) is 5.10 Å². The summed E-state index contributed by atoms with van der Waals surface area (Å²) in [6.45, 7) is 3.33. The Morgan fingerprint density at radius 2 is 1.93 bits per heavy atom. The summed E-state index contributed by atoms with van der Waals surface area (Å²) in [4.78, 5) is 36.6. The molecule has 2 heterocycles. The van der Waals surface area contributed by atoms with Gasteiger partial charge in [0.1, 0.15) is 5.25 Å². The molecule has 144 valence electrons. The molecule has 1 aromatic carbocycles. The predicted molar refractivity (Wildman–Crippen MR) is 113 cm³/mol. The Morgan fingerprint density at radius 3 is 2.57 bits per heavy atom. The highest BCUT2D eigenvalue weighted by Gasteiger charge is 2.32. The molecule has 0 bridgehead atoms. The number of rotatable bonds is 6. The van der Waals surface area contributed by atoms with E-state index in [1.54, 1.807) is 35.6 Å². The number of amidine groups is 1. The third kappa shape index (κ3) is 5.14. The van der Waals surface area contributed by atoms with E-state index in [9.17, 15) is 14.4 Å². The second-order valence-corrected chi connectivity index (χ2v) is 8.19. The maximum Gasteiger partial charge on any atom is 0.240 e. The number of nitrogens with one attached hydrogen (secondary N) is 2. The van der Waals surface area contributed by atoms with Crippen molar-refractivity contribution < 1.29 is 14.4 Å². The summed E-state index contributed by atoms with van der Waals surface area (Å²) in [5, 5.41) is 15.4.